The fourth-order valence-electron chi connectivity index (χ4n) is 2.68. The maximum atomic E-state index is 12.4. The first-order valence-corrected chi connectivity index (χ1v) is 9.76. The van der Waals surface area contributed by atoms with E-state index in [1.54, 1.807) is 12.1 Å². The maximum absolute atomic E-state index is 12.4. The summed E-state index contributed by atoms with van der Waals surface area (Å²) in [6, 6.07) is 14.7. The van der Waals surface area contributed by atoms with Crippen molar-refractivity contribution in [1.29, 1.82) is 5.41 Å². The van der Waals surface area contributed by atoms with Gasteiger partial charge in [-0.1, -0.05) is 30.3 Å². The number of nitrogens with one attached hydrogen (secondary N) is 2. The lowest BCUT2D eigenvalue weighted by Gasteiger charge is -2.10. The molecule has 3 aromatic rings. The molecular formula is C21H23N5OS. The minimum atomic E-state index is -0.107. The Balaban J connectivity index is 1.77. The molecule has 0 spiro atoms. The highest BCUT2D eigenvalue weighted by Crippen LogP contribution is 2.25. The number of para-hydroxylation sites is 1. The normalized spacial score (nSPS) is 10.8. The van der Waals surface area contributed by atoms with Gasteiger partial charge in [0.05, 0.1) is 11.4 Å². The molecule has 2 aromatic carbocycles. The van der Waals surface area contributed by atoms with Gasteiger partial charge < -0.3 is 16.0 Å². The van der Waals surface area contributed by atoms with Crippen molar-refractivity contribution in [1.82, 2.24) is 15.2 Å². The number of nitrogens with two attached hydrogens (primary N) is 1. The minimum Gasteiger partial charge on any atom is -0.398 e. The van der Waals surface area contributed by atoms with Crippen molar-refractivity contribution >= 4 is 28.6 Å². The number of anilines is 1. The molecule has 28 heavy (non-hydrogen) atoms. The van der Waals surface area contributed by atoms with Gasteiger partial charge in [0.2, 0.25) is 0 Å². The summed E-state index contributed by atoms with van der Waals surface area (Å²) in [7, 11) is 3.93. The number of nitrogens with zero attached hydrogens (tertiary/aromatic N) is 2. The number of carbonyl (C=O) groups excluding carboxylic acids is 1. The van der Waals surface area contributed by atoms with Gasteiger partial charge in [-0.2, -0.15) is 0 Å². The lowest BCUT2D eigenvalue weighted by atomic mass is 10.1. The van der Waals surface area contributed by atoms with Gasteiger partial charge in [0, 0.05) is 40.8 Å². The van der Waals surface area contributed by atoms with Crippen molar-refractivity contribution in [2.24, 2.45) is 0 Å². The molecule has 0 bridgehead atoms. The summed E-state index contributed by atoms with van der Waals surface area (Å²) in [5, 5.41) is 13.8. The number of aromatic nitrogens is 1. The highest BCUT2D eigenvalue weighted by atomic mass is 32.1. The number of likely N-dealkylation sites (N-methyl/N-ethyl adjacent to an activating group) is 1. The van der Waals surface area contributed by atoms with Crippen LogP contribution in [0.4, 0.5) is 5.69 Å². The van der Waals surface area contributed by atoms with Crippen LogP contribution < -0.4 is 11.1 Å². The molecule has 1 aromatic heterocycles. The van der Waals surface area contributed by atoms with Crippen molar-refractivity contribution in [3.05, 3.63) is 70.0 Å². The zero-order valence-corrected chi connectivity index (χ0v) is 16.7. The number of rotatable bonds is 7. The van der Waals surface area contributed by atoms with Gasteiger partial charge in [0.15, 0.2) is 0 Å². The van der Waals surface area contributed by atoms with Crippen LogP contribution in [0.2, 0.25) is 0 Å². The second kappa shape index (κ2) is 8.77. The quantitative estimate of drug-likeness (QED) is 0.425. The summed E-state index contributed by atoms with van der Waals surface area (Å²) >= 11 is 1.39. The highest BCUT2D eigenvalue weighted by Gasteiger charge is 2.14. The first kappa shape index (κ1) is 19.7. The van der Waals surface area contributed by atoms with Crippen LogP contribution in [0.15, 0.2) is 53.9 Å². The predicted octanol–water partition coefficient (Wildman–Crippen LogP) is 3.10. The van der Waals surface area contributed by atoms with Crippen LogP contribution >= 0.6 is 11.3 Å². The summed E-state index contributed by atoms with van der Waals surface area (Å²) < 4.78 is 0. The number of amides is 1. The van der Waals surface area contributed by atoms with E-state index in [-0.39, 0.29) is 5.91 Å². The van der Waals surface area contributed by atoms with Gasteiger partial charge >= 0.3 is 0 Å². The third-order valence-electron chi connectivity index (χ3n) is 4.21. The van der Waals surface area contributed by atoms with Gasteiger partial charge in [0.25, 0.3) is 5.91 Å². The molecule has 0 saturated carbocycles. The number of thiazole rings is 1. The van der Waals surface area contributed by atoms with Crippen molar-refractivity contribution in [3.8, 4) is 11.3 Å². The van der Waals surface area contributed by atoms with Gasteiger partial charge in [-0.05, 0) is 32.3 Å². The van der Waals surface area contributed by atoms with E-state index in [2.05, 4.69) is 10.3 Å². The van der Waals surface area contributed by atoms with Crippen LogP contribution in [0.3, 0.4) is 0 Å². The minimum absolute atomic E-state index is 0.107. The SMILES string of the molecule is CN(C)CCNC(=O)c1cccc(-c2csc(C(=N)c3ccccc3N)n2)c1. The number of carbonyl (C=O) groups is 1. The smallest absolute Gasteiger partial charge is 0.251 e. The van der Waals surface area contributed by atoms with E-state index in [1.165, 1.54) is 11.3 Å². The Morgan fingerprint density at radius 3 is 2.75 bits per heavy atom. The Kier molecular flexibility index (Phi) is 6.18. The van der Waals surface area contributed by atoms with Gasteiger partial charge in [-0.15, -0.1) is 11.3 Å². The first-order valence-electron chi connectivity index (χ1n) is 8.88. The molecule has 0 unspecified atom stereocenters. The topological polar surface area (TPSA) is 95.1 Å². The van der Waals surface area contributed by atoms with Crippen LogP contribution in [-0.4, -0.2) is 48.7 Å². The molecule has 0 aliphatic rings. The Bertz CT molecular complexity index is 996. The van der Waals surface area contributed by atoms with Crippen LogP contribution in [0.5, 0.6) is 0 Å². The summed E-state index contributed by atoms with van der Waals surface area (Å²) in [6.07, 6.45) is 0. The molecule has 0 aliphatic heterocycles. The molecule has 0 fully saturated rings. The van der Waals surface area contributed by atoms with Gasteiger partial charge in [-0.3, -0.25) is 10.2 Å². The van der Waals surface area contributed by atoms with E-state index in [0.717, 1.165) is 17.8 Å². The molecule has 6 nitrogen and oxygen atoms in total. The zero-order valence-electron chi connectivity index (χ0n) is 15.9. The van der Waals surface area contributed by atoms with Crippen molar-refractivity contribution < 1.29 is 4.79 Å². The average Bonchev–Trinajstić information content (AvgIpc) is 3.18. The number of hydrogen-bond donors (Lipinski definition) is 3. The molecule has 3 rings (SSSR count). The summed E-state index contributed by atoms with van der Waals surface area (Å²) in [6.45, 7) is 1.37. The Hall–Kier alpha value is -3.03. The van der Waals surface area contributed by atoms with E-state index in [1.807, 2.05) is 60.8 Å². The van der Waals surface area contributed by atoms with Crippen molar-refractivity contribution in [2.75, 3.05) is 32.9 Å². The molecule has 1 heterocycles. The maximum Gasteiger partial charge on any atom is 0.251 e. The average molecular weight is 394 g/mol. The third-order valence-corrected chi connectivity index (χ3v) is 5.07. The van der Waals surface area contributed by atoms with Gasteiger partial charge in [-0.25, -0.2) is 4.98 Å². The summed E-state index contributed by atoms with van der Waals surface area (Å²) in [4.78, 5) is 18.9. The van der Waals surface area contributed by atoms with E-state index in [0.29, 0.717) is 34.1 Å². The monoisotopic (exact) mass is 393 g/mol. The fourth-order valence-corrected chi connectivity index (χ4v) is 3.47. The lowest BCUT2D eigenvalue weighted by Crippen LogP contribution is -2.31. The second-order valence-corrected chi connectivity index (χ2v) is 7.50. The molecular weight excluding hydrogens is 370 g/mol. The number of benzene rings is 2. The molecule has 0 saturated heterocycles. The summed E-state index contributed by atoms with van der Waals surface area (Å²) in [5.41, 5.74) is 9.67. The van der Waals surface area contributed by atoms with Crippen molar-refractivity contribution in [3.63, 3.8) is 0 Å². The molecule has 1 amide bonds. The highest BCUT2D eigenvalue weighted by molar-refractivity contribution is 7.12. The third kappa shape index (κ3) is 4.62. The van der Waals surface area contributed by atoms with E-state index in [9.17, 15) is 4.79 Å². The predicted molar refractivity (Wildman–Crippen MR) is 115 cm³/mol. The fraction of sp³-hybridized carbons (Fsp3) is 0.190. The van der Waals surface area contributed by atoms with Crippen LogP contribution in [0, 0.1) is 5.41 Å². The summed E-state index contributed by atoms with van der Waals surface area (Å²) in [5.74, 6) is -0.107. The van der Waals surface area contributed by atoms with Crippen molar-refractivity contribution in [2.45, 2.75) is 0 Å². The first-order chi connectivity index (χ1) is 13.5. The number of nitrogen functional groups attached to an aromatic ring is 1. The molecule has 144 valence electrons. The molecule has 7 heteroatoms. The standard InChI is InChI=1S/C21H23N5OS/c1-26(2)11-10-24-20(27)15-7-5-6-14(12-15)18-13-28-21(25-18)19(23)16-8-3-4-9-17(16)22/h3-9,12-13,23H,10-11,22H2,1-2H3,(H,24,27). The Morgan fingerprint density at radius 1 is 1.21 bits per heavy atom. The van der Waals surface area contributed by atoms with E-state index in [4.69, 9.17) is 11.1 Å². The van der Waals surface area contributed by atoms with Crippen LogP contribution in [0.25, 0.3) is 11.3 Å². The second-order valence-electron chi connectivity index (χ2n) is 6.64. The molecule has 0 atom stereocenters. The lowest BCUT2D eigenvalue weighted by molar-refractivity contribution is 0.0951. The van der Waals surface area contributed by atoms with E-state index >= 15 is 0 Å². The Morgan fingerprint density at radius 2 is 2.00 bits per heavy atom. The van der Waals surface area contributed by atoms with Crippen LogP contribution in [0.1, 0.15) is 20.9 Å². The van der Waals surface area contributed by atoms with Crippen LogP contribution in [-0.2, 0) is 0 Å². The number of hydrogen-bond acceptors (Lipinski definition) is 6. The molecule has 4 N–H and O–H groups in total. The molecule has 0 radical (unpaired) electrons. The zero-order chi connectivity index (χ0) is 20.1. The van der Waals surface area contributed by atoms with E-state index < -0.39 is 0 Å². The molecule has 0 aliphatic carbocycles. The largest absolute Gasteiger partial charge is 0.398 e. The van der Waals surface area contributed by atoms with Gasteiger partial charge in [0.1, 0.15) is 5.01 Å². The Labute approximate surface area is 168 Å².